The molecule has 0 heterocycles. The van der Waals surface area contributed by atoms with E-state index < -0.39 is 6.04 Å². The SMILES string of the molecule is O=[N+]([O-])C(/C=N/C1CCCCC1)/C=N/C1CCCCC1. The average molecular weight is 279 g/mol. The fraction of sp³-hybridized carbons (Fsp3) is 0.867. The number of aliphatic imine (C=N–C) groups is 2. The van der Waals surface area contributed by atoms with Crippen molar-refractivity contribution in [2.45, 2.75) is 82.3 Å². The molecule has 0 unspecified atom stereocenters. The summed E-state index contributed by atoms with van der Waals surface area (Å²) in [6.07, 6.45) is 14.6. The lowest BCUT2D eigenvalue weighted by atomic mass is 9.96. The smallest absolute Gasteiger partial charge is 0.282 e. The fourth-order valence-corrected chi connectivity index (χ4v) is 3.03. The lowest BCUT2D eigenvalue weighted by Crippen LogP contribution is -2.25. The Bertz CT molecular complexity index is 328. The number of hydrogen-bond donors (Lipinski definition) is 0. The van der Waals surface area contributed by atoms with Crippen molar-refractivity contribution in [3.8, 4) is 0 Å². The highest BCUT2D eigenvalue weighted by molar-refractivity contribution is 5.86. The minimum atomic E-state index is -0.848. The van der Waals surface area contributed by atoms with Gasteiger partial charge in [-0.25, -0.2) is 0 Å². The van der Waals surface area contributed by atoms with E-state index in [4.69, 9.17) is 0 Å². The van der Waals surface area contributed by atoms with Gasteiger partial charge in [0, 0.05) is 17.0 Å². The van der Waals surface area contributed by atoms with Crippen LogP contribution in [0.15, 0.2) is 9.98 Å². The molecular formula is C15H25N3O2. The Balaban J connectivity index is 1.87. The molecule has 20 heavy (non-hydrogen) atoms. The monoisotopic (exact) mass is 279 g/mol. The lowest BCUT2D eigenvalue weighted by molar-refractivity contribution is -0.482. The predicted molar refractivity (Wildman–Crippen MR) is 81.5 cm³/mol. The second-order valence-electron chi connectivity index (χ2n) is 5.96. The molecule has 0 saturated heterocycles. The molecule has 5 heteroatoms. The molecule has 2 fully saturated rings. The first-order chi connectivity index (χ1) is 9.75. The van der Waals surface area contributed by atoms with Crippen molar-refractivity contribution in [2.75, 3.05) is 0 Å². The maximum absolute atomic E-state index is 11.1. The van der Waals surface area contributed by atoms with Gasteiger partial charge in [-0.1, -0.05) is 38.5 Å². The zero-order valence-electron chi connectivity index (χ0n) is 12.1. The molecule has 0 atom stereocenters. The fourth-order valence-electron chi connectivity index (χ4n) is 3.03. The van der Waals surface area contributed by atoms with Crippen molar-refractivity contribution in [1.29, 1.82) is 0 Å². The van der Waals surface area contributed by atoms with Crippen LogP contribution < -0.4 is 0 Å². The van der Waals surface area contributed by atoms with E-state index in [2.05, 4.69) is 9.98 Å². The summed E-state index contributed by atoms with van der Waals surface area (Å²) < 4.78 is 0. The number of rotatable bonds is 5. The van der Waals surface area contributed by atoms with Gasteiger partial charge in [0.2, 0.25) is 0 Å². The van der Waals surface area contributed by atoms with Crippen LogP contribution in [0.25, 0.3) is 0 Å². The van der Waals surface area contributed by atoms with Gasteiger partial charge < -0.3 is 0 Å². The van der Waals surface area contributed by atoms with Crippen LogP contribution in [0.2, 0.25) is 0 Å². The Morgan fingerprint density at radius 1 is 0.850 bits per heavy atom. The third-order valence-corrected chi connectivity index (χ3v) is 4.29. The molecule has 5 nitrogen and oxygen atoms in total. The van der Waals surface area contributed by atoms with Crippen LogP contribution >= 0.6 is 0 Å². The van der Waals surface area contributed by atoms with E-state index in [1.54, 1.807) is 0 Å². The summed E-state index contributed by atoms with van der Waals surface area (Å²) in [6.45, 7) is 0. The van der Waals surface area contributed by atoms with Gasteiger partial charge in [0.05, 0.1) is 12.4 Å². The number of hydrogen-bond acceptors (Lipinski definition) is 4. The van der Waals surface area contributed by atoms with Gasteiger partial charge in [-0.15, -0.1) is 0 Å². The van der Waals surface area contributed by atoms with Crippen LogP contribution in [0, 0.1) is 10.1 Å². The molecule has 0 aromatic heterocycles. The first-order valence-electron chi connectivity index (χ1n) is 7.96. The van der Waals surface area contributed by atoms with Gasteiger partial charge in [-0.3, -0.25) is 20.1 Å². The molecule has 0 aromatic carbocycles. The Hall–Kier alpha value is -1.26. The quantitative estimate of drug-likeness (QED) is 0.439. The molecule has 0 radical (unpaired) electrons. The summed E-state index contributed by atoms with van der Waals surface area (Å²) in [6, 6.07) is -0.276. The van der Waals surface area contributed by atoms with Gasteiger partial charge in [0.1, 0.15) is 0 Å². The standard InChI is InChI=1S/C15H25N3O2/c19-18(20)15(11-16-13-7-3-1-4-8-13)12-17-14-9-5-2-6-10-14/h11-15H,1-10H2/b16-11+,17-12+. The highest BCUT2D eigenvalue weighted by atomic mass is 16.6. The summed E-state index contributed by atoms with van der Waals surface area (Å²) >= 11 is 0. The normalized spacial score (nSPS) is 23.1. The van der Waals surface area contributed by atoms with Crippen LogP contribution in [0.1, 0.15) is 64.2 Å². The Morgan fingerprint density at radius 3 is 1.60 bits per heavy atom. The predicted octanol–water partition coefficient (Wildman–Crippen LogP) is 3.44. The van der Waals surface area contributed by atoms with E-state index >= 15 is 0 Å². The minimum absolute atomic E-state index is 0.286. The Labute approximate surface area is 120 Å². The topological polar surface area (TPSA) is 67.9 Å². The Morgan fingerprint density at radius 2 is 1.25 bits per heavy atom. The molecule has 0 spiro atoms. The van der Waals surface area contributed by atoms with Gasteiger partial charge in [0.25, 0.3) is 6.04 Å². The van der Waals surface area contributed by atoms with Crippen molar-refractivity contribution in [3.05, 3.63) is 10.1 Å². The third kappa shape index (κ3) is 5.02. The summed E-state index contributed by atoms with van der Waals surface area (Å²) in [5.74, 6) is 0. The van der Waals surface area contributed by atoms with Crippen LogP contribution in [0.3, 0.4) is 0 Å². The van der Waals surface area contributed by atoms with Crippen LogP contribution in [0.5, 0.6) is 0 Å². The maximum Gasteiger partial charge on any atom is 0.282 e. The van der Waals surface area contributed by atoms with Gasteiger partial charge >= 0.3 is 0 Å². The molecule has 0 bridgehead atoms. The molecule has 0 aliphatic heterocycles. The molecule has 0 N–H and O–H groups in total. The van der Waals surface area contributed by atoms with Crippen molar-refractivity contribution < 1.29 is 4.92 Å². The molecule has 2 rings (SSSR count). The van der Waals surface area contributed by atoms with Crippen molar-refractivity contribution in [2.24, 2.45) is 9.98 Å². The number of nitrogens with zero attached hydrogens (tertiary/aromatic N) is 3. The summed E-state index contributed by atoms with van der Waals surface area (Å²) in [4.78, 5) is 19.6. The molecular weight excluding hydrogens is 254 g/mol. The molecule has 0 aromatic rings. The summed E-state index contributed by atoms with van der Waals surface area (Å²) in [5, 5.41) is 11.1. The molecule has 2 saturated carbocycles. The van der Waals surface area contributed by atoms with Crippen molar-refractivity contribution in [3.63, 3.8) is 0 Å². The van der Waals surface area contributed by atoms with Gasteiger partial charge in [0.15, 0.2) is 0 Å². The summed E-state index contributed by atoms with van der Waals surface area (Å²) in [7, 11) is 0. The lowest BCUT2D eigenvalue weighted by Gasteiger charge is -2.18. The zero-order chi connectivity index (χ0) is 14.2. The van der Waals surface area contributed by atoms with E-state index in [9.17, 15) is 10.1 Å². The van der Waals surface area contributed by atoms with Gasteiger partial charge in [-0.2, -0.15) is 0 Å². The van der Waals surface area contributed by atoms with E-state index in [0.29, 0.717) is 0 Å². The highest BCUT2D eigenvalue weighted by Crippen LogP contribution is 2.21. The Kier molecular flexibility index (Phi) is 6.15. The van der Waals surface area contributed by atoms with Crippen molar-refractivity contribution >= 4 is 12.4 Å². The maximum atomic E-state index is 11.1. The second kappa shape index (κ2) is 8.12. The second-order valence-corrected chi connectivity index (χ2v) is 5.96. The number of nitro groups is 1. The first kappa shape index (κ1) is 15.1. The minimum Gasteiger partial charge on any atom is -0.287 e. The van der Waals surface area contributed by atoms with Gasteiger partial charge in [-0.05, 0) is 25.7 Å². The van der Waals surface area contributed by atoms with E-state index in [0.717, 1.165) is 25.7 Å². The highest BCUT2D eigenvalue weighted by Gasteiger charge is 2.18. The summed E-state index contributed by atoms with van der Waals surface area (Å²) in [5.41, 5.74) is 0. The largest absolute Gasteiger partial charge is 0.287 e. The van der Waals surface area contributed by atoms with Crippen molar-refractivity contribution in [1.82, 2.24) is 0 Å². The van der Waals surface area contributed by atoms with Crippen LogP contribution in [-0.4, -0.2) is 35.5 Å². The van der Waals surface area contributed by atoms with Crippen LogP contribution in [-0.2, 0) is 0 Å². The van der Waals surface area contributed by atoms with E-state index in [1.807, 2.05) is 0 Å². The molecule has 0 amide bonds. The van der Waals surface area contributed by atoms with E-state index in [1.165, 1.54) is 51.0 Å². The molecule has 2 aliphatic carbocycles. The molecule has 112 valence electrons. The zero-order valence-corrected chi connectivity index (χ0v) is 12.1. The average Bonchev–Trinajstić information content (AvgIpc) is 2.49. The van der Waals surface area contributed by atoms with Crippen LogP contribution in [0.4, 0.5) is 0 Å². The first-order valence-corrected chi connectivity index (χ1v) is 7.96. The molecule has 2 aliphatic rings. The third-order valence-electron chi connectivity index (χ3n) is 4.29. The van der Waals surface area contributed by atoms with E-state index in [-0.39, 0.29) is 17.0 Å².